The molecule has 0 N–H and O–H groups in total. The molecule has 0 saturated heterocycles. The van der Waals surface area contributed by atoms with Gasteiger partial charge in [0.25, 0.3) is 5.17 Å². The van der Waals surface area contributed by atoms with E-state index in [4.69, 9.17) is 23.2 Å². The summed E-state index contributed by atoms with van der Waals surface area (Å²) in [5.41, 5.74) is 1.01. The van der Waals surface area contributed by atoms with Gasteiger partial charge in [-0.25, -0.2) is 4.58 Å². The molecule has 0 atom stereocenters. The van der Waals surface area contributed by atoms with Gasteiger partial charge in [0.2, 0.25) is 0 Å². The lowest BCUT2D eigenvalue weighted by molar-refractivity contribution is -0.517. The van der Waals surface area contributed by atoms with Crippen LogP contribution in [0.25, 0.3) is 0 Å². The summed E-state index contributed by atoms with van der Waals surface area (Å²) < 4.78 is 2.10. The summed E-state index contributed by atoms with van der Waals surface area (Å²) in [4.78, 5) is 0. The molecule has 0 radical (unpaired) electrons. The third kappa shape index (κ3) is 2.73. The standard InChI is InChI=1S/C11H14Cl2N/c1-3-14(4-2)11(13)9-5-7-10(12)8-6-9/h5-8H,3-4H2,1-2H3/q+1. The Morgan fingerprint density at radius 2 is 1.64 bits per heavy atom. The summed E-state index contributed by atoms with van der Waals surface area (Å²) in [7, 11) is 0. The van der Waals surface area contributed by atoms with E-state index in [0.29, 0.717) is 0 Å². The second-order valence-electron chi connectivity index (χ2n) is 2.97. The summed E-state index contributed by atoms with van der Waals surface area (Å²) in [5, 5.41) is 1.52. The molecule has 0 aliphatic heterocycles. The number of rotatable bonds is 3. The minimum absolute atomic E-state index is 0.734. The number of hydrogen-bond acceptors (Lipinski definition) is 0. The van der Waals surface area contributed by atoms with Crippen molar-refractivity contribution >= 4 is 28.4 Å². The van der Waals surface area contributed by atoms with Gasteiger partial charge >= 0.3 is 0 Å². The molecule has 0 unspecified atom stereocenters. The zero-order valence-corrected chi connectivity index (χ0v) is 9.94. The molecule has 0 amide bonds. The zero-order valence-electron chi connectivity index (χ0n) is 8.43. The van der Waals surface area contributed by atoms with Crippen LogP contribution in [0.2, 0.25) is 5.02 Å². The van der Waals surface area contributed by atoms with Crippen molar-refractivity contribution in [2.24, 2.45) is 0 Å². The molecule has 0 bridgehead atoms. The molecule has 0 spiro atoms. The molecule has 0 saturated carbocycles. The van der Waals surface area contributed by atoms with E-state index in [1.807, 2.05) is 24.3 Å². The smallest absolute Gasteiger partial charge is 0.220 e. The summed E-state index contributed by atoms with van der Waals surface area (Å²) in [5.74, 6) is 0. The van der Waals surface area contributed by atoms with Crippen molar-refractivity contribution in [2.45, 2.75) is 13.8 Å². The molecule has 1 aromatic rings. The lowest BCUT2D eigenvalue weighted by Gasteiger charge is -2.01. The normalized spacial score (nSPS) is 10.0. The maximum atomic E-state index is 6.22. The fourth-order valence-corrected chi connectivity index (χ4v) is 1.76. The van der Waals surface area contributed by atoms with Gasteiger partial charge in [-0.3, -0.25) is 0 Å². The second-order valence-corrected chi connectivity index (χ2v) is 3.76. The average molecular weight is 231 g/mol. The van der Waals surface area contributed by atoms with E-state index in [-0.39, 0.29) is 0 Å². The van der Waals surface area contributed by atoms with Crippen LogP contribution in [0.15, 0.2) is 24.3 Å². The number of hydrogen-bond donors (Lipinski definition) is 0. The first kappa shape index (κ1) is 11.5. The lowest BCUT2D eigenvalue weighted by atomic mass is 10.2. The summed E-state index contributed by atoms with van der Waals surface area (Å²) in [6.07, 6.45) is 0. The van der Waals surface area contributed by atoms with E-state index in [9.17, 15) is 0 Å². The van der Waals surface area contributed by atoms with Crippen LogP contribution < -0.4 is 0 Å². The molecule has 1 rings (SSSR count). The minimum atomic E-state index is 0.734. The number of benzene rings is 1. The molecule has 0 aliphatic rings. The van der Waals surface area contributed by atoms with Crippen molar-refractivity contribution in [1.82, 2.24) is 0 Å². The average Bonchev–Trinajstić information content (AvgIpc) is 2.20. The molecule has 1 aromatic carbocycles. The monoisotopic (exact) mass is 230 g/mol. The highest BCUT2D eigenvalue weighted by Crippen LogP contribution is 2.11. The van der Waals surface area contributed by atoms with Crippen LogP contribution in [0.5, 0.6) is 0 Å². The van der Waals surface area contributed by atoms with Crippen molar-refractivity contribution in [3.63, 3.8) is 0 Å². The Kier molecular flexibility index (Phi) is 4.43. The van der Waals surface area contributed by atoms with Crippen LogP contribution in [0, 0.1) is 0 Å². The first-order valence-electron chi connectivity index (χ1n) is 4.72. The quantitative estimate of drug-likeness (QED) is 0.554. The van der Waals surface area contributed by atoms with Gasteiger partial charge in [-0.05, 0) is 49.7 Å². The highest BCUT2D eigenvalue weighted by molar-refractivity contribution is 6.68. The van der Waals surface area contributed by atoms with Crippen molar-refractivity contribution in [2.75, 3.05) is 13.1 Å². The highest BCUT2D eigenvalue weighted by Gasteiger charge is 2.10. The van der Waals surface area contributed by atoms with Gasteiger partial charge in [-0.15, -0.1) is 0 Å². The Morgan fingerprint density at radius 1 is 1.14 bits per heavy atom. The van der Waals surface area contributed by atoms with Crippen LogP contribution in [0.4, 0.5) is 0 Å². The minimum Gasteiger partial charge on any atom is -0.220 e. The van der Waals surface area contributed by atoms with Crippen LogP contribution in [-0.4, -0.2) is 22.8 Å². The van der Waals surface area contributed by atoms with E-state index in [0.717, 1.165) is 28.8 Å². The van der Waals surface area contributed by atoms with Gasteiger partial charge in [0.15, 0.2) is 0 Å². The first-order valence-corrected chi connectivity index (χ1v) is 5.48. The van der Waals surface area contributed by atoms with Gasteiger partial charge in [0.1, 0.15) is 13.1 Å². The van der Waals surface area contributed by atoms with E-state index in [1.54, 1.807) is 0 Å². The summed E-state index contributed by atoms with van der Waals surface area (Å²) in [6.45, 7) is 6.00. The number of nitrogens with zero attached hydrogens (tertiary/aromatic N) is 1. The van der Waals surface area contributed by atoms with Crippen molar-refractivity contribution in [3.05, 3.63) is 34.9 Å². The molecule has 76 valence electrons. The topological polar surface area (TPSA) is 3.01 Å². The first-order chi connectivity index (χ1) is 6.69. The predicted octanol–water partition coefficient (Wildman–Crippen LogP) is 3.38. The summed E-state index contributed by atoms with van der Waals surface area (Å²) >= 11 is 12.0. The van der Waals surface area contributed by atoms with Crippen LogP contribution in [0.3, 0.4) is 0 Å². The second kappa shape index (κ2) is 5.38. The molecular formula is C11H14Cl2N+. The third-order valence-corrected chi connectivity index (χ3v) is 2.83. The summed E-state index contributed by atoms with van der Waals surface area (Å²) in [6, 6.07) is 7.57. The SMILES string of the molecule is CC[N+](CC)=C(Cl)c1ccc(Cl)cc1. The van der Waals surface area contributed by atoms with E-state index in [1.165, 1.54) is 0 Å². The Bertz CT molecular complexity index is 322. The highest BCUT2D eigenvalue weighted by atomic mass is 35.5. The molecule has 0 heterocycles. The van der Waals surface area contributed by atoms with E-state index in [2.05, 4.69) is 18.4 Å². The maximum absolute atomic E-state index is 6.22. The van der Waals surface area contributed by atoms with Gasteiger partial charge in [-0.2, -0.15) is 0 Å². The Hall–Kier alpha value is -0.530. The fourth-order valence-electron chi connectivity index (χ4n) is 1.27. The molecule has 0 fully saturated rings. The molecule has 1 nitrogen and oxygen atoms in total. The third-order valence-electron chi connectivity index (χ3n) is 2.12. The maximum Gasteiger partial charge on any atom is 0.276 e. The van der Waals surface area contributed by atoms with E-state index < -0.39 is 0 Å². The van der Waals surface area contributed by atoms with Crippen molar-refractivity contribution in [1.29, 1.82) is 0 Å². The molecule has 0 aromatic heterocycles. The lowest BCUT2D eigenvalue weighted by Crippen LogP contribution is -2.17. The van der Waals surface area contributed by atoms with Crippen LogP contribution >= 0.6 is 23.2 Å². The largest absolute Gasteiger partial charge is 0.276 e. The zero-order chi connectivity index (χ0) is 10.6. The molecule has 14 heavy (non-hydrogen) atoms. The van der Waals surface area contributed by atoms with E-state index >= 15 is 0 Å². The Balaban J connectivity index is 3.04. The Morgan fingerprint density at radius 3 is 2.07 bits per heavy atom. The van der Waals surface area contributed by atoms with Gasteiger partial charge < -0.3 is 0 Å². The van der Waals surface area contributed by atoms with Crippen LogP contribution in [-0.2, 0) is 0 Å². The molecular weight excluding hydrogens is 217 g/mol. The molecule has 3 heteroatoms. The Labute approximate surface area is 95.0 Å². The van der Waals surface area contributed by atoms with Crippen LogP contribution in [0.1, 0.15) is 19.4 Å². The number of halogens is 2. The predicted molar refractivity (Wildman–Crippen MR) is 62.8 cm³/mol. The van der Waals surface area contributed by atoms with Gasteiger partial charge in [0.05, 0.1) is 5.56 Å². The van der Waals surface area contributed by atoms with Crippen molar-refractivity contribution in [3.8, 4) is 0 Å². The molecule has 0 aliphatic carbocycles. The van der Waals surface area contributed by atoms with Crippen molar-refractivity contribution < 1.29 is 4.58 Å². The fraction of sp³-hybridized carbons (Fsp3) is 0.364. The van der Waals surface area contributed by atoms with Gasteiger partial charge in [0, 0.05) is 5.02 Å². The van der Waals surface area contributed by atoms with Gasteiger partial charge in [-0.1, -0.05) is 11.6 Å².